The van der Waals surface area contributed by atoms with Gasteiger partial charge in [-0.15, -0.1) is 0 Å². The number of benzene rings is 2. The summed E-state index contributed by atoms with van der Waals surface area (Å²) in [7, 11) is 0. The van der Waals surface area contributed by atoms with Gasteiger partial charge in [0.05, 0.1) is 24.3 Å². The van der Waals surface area contributed by atoms with Gasteiger partial charge in [-0.25, -0.2) is 9.78 Å². The molecule has 1 N–H and O–H groups in total. The third-order valence-electron chi connectivity index (χ3n) is 3.94. The Balaban J connectivity index is 1.48. The summed E-state index contributed by atoms with van der Waals surface area (Å²) in [6.07, 6.45) is 0.292. The van der Waals surface area contributed by atoms with E-state index in [-0.39, 0.29) is 25.0 Å². The summed E-state index contributed by atoms with van der Waals surface area (Å²) in [5.41, 5.74) is 1.88. The molecule has 0 fully saturated rings. The van der Waals surface area contributed by atoms with Gasteiger partial charge in [-0.2, -0.15) is 0 Å². The molecule has 3 rings (SSSR count). The van der Waals surface area contributed by atoms with Gasteiger partial charge in [0, 0.05) is 6.42 Å². The van der Waals surface area contributed by atoms with E-state index in [2.05, 4.69) is 10.3 Å². The van der Waals surface area contributed by atoms with Crippen molar-refractivity contribution in [3.05, 3.63) is 60.0 Å². The van der Waals surface area contributed by atoms with Crippen LogP contribution in [0.15, 0.2) is 52.9 Å². The van der Waals surface area contributed by atoms with E-state index >= 15 is 0 Å². The zero-order chi connectivity index (χ0) is 20.6. The quantitative estimate of drug-likeness (QED) is 0.583. The molecule has 0 atom stereocenters. The first-order valence-electron chi connectivity index (χ1n) is 9.13. The van der Waals surface area contributed by atoms with Crippen LogP contribution in [0.5, 0.6) is 0 Å². The van der Waals surface area contributed by atoms with Gasteiger partial charge in [-0.1, -0.05) is 24.3 Å². The summed E-state index contributed by atoms with van der Waals surface area (Å²) in [6.45, 7) is 1.45. The lowest BCUT2D eigenvalue weighted by Gasteiger charge is -2.10. The molecule has 1 heterocycles. The third kappa shape index (κ3) is 5.41. The van der Waals surface area contributed by atoms with E-state index in [0.717, 1.165) is 5.52 Å². The maximum absolute atomic E-state index is 12.1. The van der Waals surface area contributed by atoms with Crippen LogP contribution in [0.25, 0.3) is 11.1 Å². The van der Waals surface area contributed by atoms with Crippen molar-refractivity contribution in [2.75, 3.05) is 18.5 Å². The molecule has 8 heteroatoms. The Bertz CT molecular complexity index is 994. The van der Waals surface area contributed by atoms with Gasteiger partial charge >= 0.3 is 11.9 Å². The van der Waals surface area contributed by atoms with E-state index in [1.165, 1.54) is 0 Å². The second-order valence-corrected chi connectivity index (χ2v) is 6.05. The molecule has 0 saturated heterocycles. The third-order valence-corrected chi connectivity index (χ3v) is 3.94. The van der Waals surface area contributed by atoms with Crippen LogP contribution in [0, 0.1) is 0 Å². The number of nitrogens with zero attached hydrogens (tertiary/aromatic N) is 1. The first-order chi connectivity index (χ1) is 14.1. The predicted octanol–water partition coefficient (Wildman–Crippen LogP) is 3.12. The lowest BCUT2D eigenvalue weighted by atomic mass is 10.2. The maximum Gasteiger partial charge on any atom is 0.340 e. The van der Waals surface area contributed by atoms with Crippen LogP contribution >= 0.6 is 0 Å². The van der Waals surface area contributed by atoms with E-state index in [0.29, 0.717) is 17.2 Å². The minimum absolute atomic E-state index is 0.0273. The number of hydrogen-bond acceptors (Lipinski definition) is 7. The number of esters is 2. The van der Waals surface area contributed by atoms with Crippen molar-refractivity contribution in [2.45, 2.75) is 19.8 Å². The van der Waals surface area contributed by atoms with Crippen molar-refractivity contribution >= 4 is 34.6 Å². The van der Waals surface area contributed by atoms with Gasteiger partial charge in [-0.3, -0.25) is 9.59 Å². The predicted molar refractivity (Wildman–Crippen MR) is 104 cm³/mol. The van der Waals surface area contributed by atoms with Gasteiger partial charge in [-0.05, 0) is 31.2 Å². The molecule has 0 aliphatic heterocycles. The minimum atomic E-state index is -0.558. The standard InChI is InChI=1S/C21H20N2O6/c1-2-27-21(26)14-7-3-4-8-15(14)22-18(24)13-28-20(25)12-11-19-23-16-9-5-6-10-17(16)29-19/h3-10H,2,11-13H2,1H3,(H,22,24). The normalized spacial score (nSPS) is 10.5. The van der Waals surface area contributed by atoms with E-state index in [9.17, 15) is 14.4 Å². The van der Waals surface area contributed by atoms with Crippen LogP contribution in [-0.2, 0) is 25.5 Å². The number of ether oxygens (including phenoxy) is 2. The first kappa shape index (κ1) is 20.1. The molecule has 29 heavy (non-hydrogen) atoms. The fourth-order valence-electron chi connectivity index (χ4n) is 2.62. The molecule has 0 bridgehead atoms. The SMILES string of the molecule is CCOC(=O)c1ccccc1NC(=O)COC(=O)CCc1nc2ccccc2o1. The van der Waals surface area contributed by atoms with Crippen LogP contribution in [0.4, 0.5) is 5.69 Å². The van der Waals surface area contributed by atoms with E-state index in [4.69, 9.17) is 13.9 Å². The number of aromatic nitrogens is 1. The second-order valence-electron chi connectivity index (χ2n) is 6.05. The van der Waals surface area contributed by atoms with Crippen LogP contribution in [-0.4, -0.2) is 36.0 Å². The average molecular weight is 396 g/mol. The molecule has 3 aromatic rings. The molecule has 0 saturated carbocycles. The van der Waals surface area contributed by atoms with Gasteiger partial charge < -0.3 is 19.2 Å². The van der Waals surface area contributed by atoms with Crippen LogP contribution in [0.2, 0.25) is 0 Å². The Morgan fingerprint density at radius 3 is 2.59 bits per heavy atom. The fraction of sp³-hybridized carbons (Fsp3) is 0.238. The Morgan fingerprint density at radius 1 is 1.03 bits per heavy atom. The molecule has 0 aliphatic rings. The molecule has 8 nitrogen and oxygen atoms in total. The summed E-state index contributed by atoms with van der Waals surface area (Å²) in [4.78, 5) is 40.2. The summed E-state index contributed by atoms with van der Waals surface area (Å²) in [5.74, 6) is -1.23. The Kier molecular flexibility index (Phi) is 6.57. The molecule has 0 aliphatic carbocycles. The number of oxazole rings is 1. The average Bonchev–Trinajstić information content (AvgIpc) is 3.14. The highest BCUT2D eigenvalue weighted by molar-refractivity contribution is 6.01. The fourth-order valence-corrected chi connectivity index (χ4v) is 2.62. The topological polar surface area (TPSA) is 108 Å². The van der Waals surface area contributed by atoms with Crippen LogP contribution < -0.4 is 5.32 Å². The molecule has 1 aromatic heterocycles. The van der Waals surface area contributed by atoms with Crippen LogP contribution in [0.1, 0.15) is 29.6 Å². The first-order valence-corrected chi connectivity index (χ1v) is 9.13. The smallest absolute Gasteiger partial charge is 0.340 e. The Hall–Kier alpha value is -3.68. The molecule has 1 amide bonds. The van der Waals surface area contributed by atoms with Crippen molar-refractivity contribution in [2.24, 2.45) is 0 Å². The monoisotopic (exact) mass is 396 g/mol. The zero-order valence-corrected chi connectivity index (χ0v) is 15.8. The molecule has 0 spiro atoms. The summed E-state index contributed by atoms with van der Waals surface area (Å²) in [6, 6.07) is 13.7. The molecule has 150 valence electrons. The molecule has 0 unspecified atom stereocenters. The largest absolute Gasteiger partial charge is 0.462 e. The number of carbonyl (C=O) groups excluding carboxylic acids is 3. The van der Waals surface area contributed by atoms with Crippen molar-refractivity contribution in [1.82, 2.24) is 4.98 Å². The molecule has 2 aromatic carbocycles. The summed E-state index contributed by atoms with van der Waals surface area (Å²) >= 11 is 0. The van der Waals surface area contributed by atoms with E-state index < -0.39 is 24.5 Å². The van der Waals surface area contributed by atoms with Crippen LogP contribution in [0.3, 0.4) is 0 Å². The summed E-state index contributed by atoms with van der Waals surface area (Å²) in [5, 5.41) is 2.55. The van der Waals surface area contributed by atoms with Gasteiger partial charge in [0.1, 0.15) is 5.52 Å². The van der Waals surface area contributed by atoms with Crippen molar-refractivity contribution < 1.29 is 28.3 Å². The number of aryl methyl sites for hydroxylation is 1. The Morgan fingerprint density at radius 2 is 1.79 bits per heavy atom. The van der Waals surface area contributed by atoms with Crippen molar-refractivity contribution in [3.63, 3.8) is 0 Å². The highest BCUT2D eigenvalue weighted by atomic mass is 16.5. The summed E-state index contributed by atoms with van der Waals surface area (Å²) < 4.78 is 15.5. The van der Waals surface area contributed by atoms with E-state index in [1.807, 2.05) is 18.2 Å². The molecular weight excluding hydrogens is 376 g/mol. The number of anilines is 1. The minimum Gasteiger partial charge on any atom is -0.462 e. The number of carbonyl (C=O) groups is 3. The number of nitrogens with one attached hydrogen (secondary N) is 1. The van der Waals surface area contributed by atoms with Gasteiger partial charge in [0.15, 0.2) is 18.1 Å². The number of fused-ring (bicyclic) bond motifs is 1. The number of rotatable bonds is 8. The van der Waals surface area contributed by atoms with Crippen molar-refractivity contribution in [3.8, 4) is 0 Å². The second kappa shape index (κ2) is 9.50. The zero-order valence-electron chi connectivity index (χ0n) is 15.8. The lowest BCUT2D eigenvalue weighted by molar-refractivity contribution is -0.147. The van der Waals surface area contributed by atoms with Gasteiger partial charge in [0.2, 0.25) is 0 Å². The highest BCUT2D eigenvalue weighted by Crippen LogP contribution is 2.17. The highest BCUT2D eigenvalue weighted by Gasteiger charge is 2.15. The number of hydrogen-bond donors (Lipinski definition) is 1. The molecule has 0 radical (unpaired) electrons. The number of amides is 1. The Labute approximate surface area is 166 Å². The lowest BCUT2D eigenvalue weighted by Crippen LogP contribution is -2.22. The van der Waals surface area contributed by atoms with E-state index in [1.54, 1.807) is 37.3 Å². The number of para-hydroxylation sites is 3. The molecular formula is C21H20N2O6. The maximum atomic E-state index is 12.1. The van der Waals surface area contributed by atoms with Gasteiger partial charge in [0.25, 0.3) is 5.91 Å². The van der Waals surface area contributed by atoms with Crippen molar-refractivity contribution in [1.29, 1.82) is 0 Å².